The van der Waals surface area contributed by atoms with E-state index in [1.54, 1.807) is 24.2 Å². The van der Waals surface area contributed by atoms with Crippen molar-refractivity contribution in [3.8, 4) is 11.4 Å². The third-order valence-corrected chi connectivity index (χ3v) is 7.87. The zero-order chi connectivity index (χ0) is 22.5. The van der Waals surface area contributed by atoms with Crippen LogP contribution in [0.4, 0.5) is 0 Å². The quantitative estimate of drug-likeness (QED) is 0.360. The van der Waals surface area contributed by atoms with Crippen LogP contribution in [0.1, 0.15) is 22.4 Å². The van der Waals surface area contributed by atoms with Crippen molar-refractivity contribution in [2.45, 2.75) is 35.7 Å². The molecule has 0 spiro atoms. The first-order valence-corrected chi connectivity index (χ1v) is 13.1. The Kier molecular flexibility index (Phi) is 7.04. The second kappa shape index (κ2) is 10.5. The summed E-state index contributed by atoms with van der Waals surface area (Å²) in [5.41, 5.74) is 6.26. The van der Waals surface area contributed by atoms with Gasteiger partial charge >= 0.3 is 0 Å². The predicted octanol–water partition coefficient (Wildman–Crippen LogP) is 5.01. The van der Waals surface area contributed by atoms with Gasteiger partial charge in [-0.25, -0.2) is 4.98 Å². The van der Waals surface area contributed by atoms with Crippen molar-refractivity contribution < 1.29 is 0 Å². The molecule has 8 heteroatoms. The number of nitrogens with one attached hydrogen (secondary N) is 1. The smallest absolute Gasteiger partial charge is 0.209 e. The number of hydrogen-bond donors (Lipinski definition) is 1. The summed E-state index contributed by atoms with van der Waals surface area (Å²) in [6.07, 6.45) is 6.60. The number of thioether (sulfide) groups is 2. The number of H-pyrrole nitrogens is 1. The van der Waals surface area contributed by atoms with Crippen LogP contribution in [0.15, 0.2) is 71.1 Å². The first-order chi connectivity index (χ1) is 16.3. The van der Waals surface area contributed by atoms with E-state index < -0.39 is 0 Å². The summed E-state index contributed by atoms with van der Waals surface area (Å²) in [5, 5.41) is 8.06. The Labute approximate surface area is 202 Å². The topological polar surface area (TPSA) is 70.6 Å². The minimum Gasteiger partial charge on any atom is -0.298 e. The molecule has 1 aromatic carbocycles. The number of pyridine rings is 2. The molecule has 0 fully saturated rings. The third-order valence-electron chi connectivity index (χ3n) is 5.87. The number of rotatable bonds is 8. The fraction of sp³-hybridized carbons (Fsp3) is 0.280. The van der Waals surface area contributed by atoms with Gasteiger partial charge in [0, 0.05) is 60.2 Å². The molecule has 3 aromatic heterocycles. The van der Waals surface area contributed by atoms with E-state index in [1.165, 1.54) is 21.6 Å². The molecule has 0 aliphatic carbocycles. The second-order valence-corrected chi connectivity index (χ2v) is 10.1. The lowest BCUT2D eigenvalue weighted by atomic mass is 10.0. The van der Waals surface area contributed by atoms with E-state index in [2.05, 4.69) is 67.3 Å². The Morgan fingerprint density at radius 1 is 1.03 bits per heavy atom. The van der Waals surface area contributed by atoms with Gasteiger partial charge in [-0.1, -0.05) is 36.0 Å². The van der Waals surface area contributed by atoms with E-state index in [0.717, 1.165) is 59.8 Å². The molecule has 1 aliphatic rings. The van der Waals surface area contributed by atoms with E-state index >= 15 is 0 Å². The maximum atomic E-state index is 4.62. The van der Waals surface area contributed by atoms with Crippen LogP contribution < -0.4 is 0 Å². The van der Waals surface area contributed by atoms with Crippen LogP contribution in [0.25, 0.3) is 11.4 Å². The lowest BCUT2D eigenvalue weighted by Crippen LogP contribution is -2.32. The molecular weight excluding hydrogens is 448 g/mol. The Balaban J connectivity index is 1.15. The van der Waals surface area contributed by atoms with Crippen LogP contribution in [-0.2, 0) is 18.7 Å². The van der Waals surface area contributed by atoms with E-state index in [1.807, 2.05) is 30.1 Å². The first kappa shape index (κ1) is 22.1. The zero-order valence-electron chi connectivity index (χ0n) is 18.6. The number of aromatic nitrogens is 5. The molecule has 0 saturated carbocycles. The molecule has 0 radical (unpaired) electrons. The summed E-state index contributed by atoms with van der Waals surface area (Å²) in [6.45, 7) is 5.47. The summed E-state index contributed by atoms with van der Waals surface area (Å²) < 4.78 is 0. The van der Waals surface area contributed by atoms with Crippen LogP contribution in [0, 0.1) is 6.92 Å². The monoisotopic (exact) mass is 474 g/mol. The van der Waals surface area contributed by atoms with Gasteiger partial charge in [0.25, 0.3) is 0 Å². The van der Waals surface area contributed by atoms with Gasteiger partial charge in [0.05, 0.1) is 5.69 Å². The molecule has 4 aromatic rings. The molecular formula is C25H26N6S2. The summed E-state index contributed by atoms with van der Waals surface area (Å²) in [4.78, 5) is 17.2. The van der Waals surface area contributed by atoms with Crippen molar-refractivity contribution in [1.82, 2.24) is 30.0 Å². The van der Waals surface area contributed by atoms with Crippen molar-refractivity contribution in [2.75, 3.05) is 18.8 Å². The molecule has 0 bridgehead atoms. The molecule has 0 amide bonds. The van der Waals surface area contributed by atoms with Crippen LogP contribution >= 0.6 is 23.5 Å². The first-order valence-electron chi connectivity index (χ1n) is 11.1. The molecule has 33 heavy (non-hydrogen) atoms. The summed E-state index contributed by atoms with van der Waals surface area (Å²) in [6, 6.07) is 14.8. The van der Waals surface area contributed by atoms with E-state index in [0.29, 0.717) is 0 Å². The molecule has 6 nitrogen and oxygen atoms in total. The average Bonchev–Trinajstić information content (AvgIpc) is 3.34. The van der Waals surface area contributed by atoms with Crippen LogP contribution in [-0.4, -0.2) is 48.9 Å². The number of hydrogen-bond acceptors (Lipinski definition) is 7. The van der Waals surface area contributed by atoms with Gasteiger partial charge in [0.2, 0.25) is 5.16 Å². The lowest BCUT2D eigenvalue weighted by molar-refractivity contribution is 0.270. The van der Waals surface area contributed by atoms with Crippen molar-refractivity contribution in [1.29, 1.82) is 0 Å². The molecule has 0 unspecified atom stereocenters. The van der Waals surface area contributed by atoms with Gasteiger partial charge < -0.3 is 0 Å². The molecule has 1 N–H and O–H groups in total. The minimum absolute atomic E-state index is 0.721. The molecule has 0 atom stereocenters. The van der Waals surface area contributed by atoms with E-state index in [-0.39, 0.29) is 0 Å². The summed E-state index contributed by atoms with van der Waals surface area (Å²) in [7, 11) is 0. The van der Waals surface area contributed by atoms with Gasteiger partial charge in [-0.2, -0.15) is 0 Å². The van der Waals surface area contributed by atoms with Crippen molar-refractivity contribution in [3.05, 3.63) is 83.4 Å². The SMILES string of the molecule is Cc1c(SCCN2CCc3ccccc3C2)ccnc1CSc1n[nH]c(-c2cccnc2)n1. The molecule has 1 aliphatic heterocycles. The Hall–Kier alpha value is -2.68. The summed E-state index contributed by atoms with van der Waals surface area (Å²) >= 11 is 3.52. The Morgan fingerprint density at radius 3 is 2.82 bits per heavy atom. The molecule has 0 saturated heterocycles. The normalized spacial score (nSPS) is 13.7. The van der Waals surface area contributed by atoms with Crippen molar-refractivity contribution in [2.24, 2.45) is 0 Å². The number of nitrogens with zero attached hydrogens (tertiary/aromatic N) is 5. The van der Waals surface area contributed by atoms with Crippen LogP contribution in [0.5, 0.6) is 0 Å². The third kappa shape index (κ3) is 5.46. The fourth-order valence-electron chi connectivity index (χ4n) is 3.97. The number of benzene rings is 1. The molecule has 5 rings (SSSR count). The van der Waals surface area contributed by atoms with E-state index in [9.17, 15) is 0 Å². The Bertz CT molecular complexity index is 1210. The minimum atomic E-state index is 0.721. The highest BCUT2D eigenvalue weighted by atomic mass is 32.2. The summed E-state index contributed by atoms with van der Waals surface area (Å²) in [5.74, 6) is 2.56. The zero-order valence-corrected chi connectivity index (χ0v) is 20.2. The van der Waals surface area contributed by atoms with Crippen LogP contribution in [0.2, 0.25) is 0 Å². The number of aromatic amines is 1. The van der Waals surface area contributed by atoms with Gasteiger partial charge in [-0.05, 0) is 48.2 Å². The van der Waals surface area contributed by atoms with Gasteiger partial charge in [0.1, 0.15) is 0 Å². The van der Waals surface area contributed by atoms with Gasteiger partial charge in [0.15, 0.2) is 5.82 Å². The van der Waals surface area contributed by atoms with Gasteiger partial charge in [-0.3, -0.25) is 20.0 Å². The highest BCUT2D eigenvalue weighted by molar-refractivity contribution is 7.99. The van der Waals surface area contributed by atoms with Crippen molar-refractivity contribution >= 4 is 23.5 Å². The molecule has 4 heterocycles. The van der Waals surface area contributed by atoms with Gasteiger partial charge in [-0.15, -0.1) is 16.9 Å². The maximum absolute atomic E-state index is 4.62. The van der Waals surface area contributed by atoms with Crippen molar-refractivity contribution in [3.63, 3.8) is 0 Å². The highest BCUT2D eigenvalue weighted by Gasteiger charge is 2.16. The Morgan fingerprint density at radius 2 is 1.94 bits per heavy atom. The average molecular weight is 475 g/mol. The second-order valence-electron chi connectivity index (χ2n) is 8.02. The largest absolute Gasteiger partial charge is 0.298 e. The fourth-order valence-corrected chi connectivity index (χ4v) is 5.85. The lowest BCUT2D eigenvalue weighted by Gasteiger charge is -2.28. The predicted molar refractivity (Wildman–Crippen MR) is 134 cm³/mol. The maximum Gasteiger partial charge on any atom is 0.209 e. The van der Waals surface area contributed by atoms with Crippen LogP contribution in [0.3, 0.4) is 0 Å². The highest BCUT2D eigenvalue weighted by Crippen LogP contribution is 2.28. The number of fused-ring (bicyclic) bond motifs is 1. The molecule has 168 valence electrons. The standard InChI is InChI=1S/C25H26N6S2/c1-18-22(17-33-25-28-24(29-30-25)20-7-4-10-26-15-20)27-11-8-23(18)32-14-13-31-12-9-19-5-2-3-6-21(19)16-31/h2-8,10-11,15H,9,12-14,16-17H2,1H3,(H,28,29,30). The van der Waals surface area contributed by atoms with E-state index in [4.69, 9.17) is 0 Å².